The lowest BCUT2D eigenvalue weighted by Gasteiger charge is -2.50. The van der Waals surface area contributed by atoms with Gasteiger partial charge in [0.25, 0.3) is 0 Å². The molecule has 0 aromatic heterocycles. The zero-order valence-corrected chi connectivity index (χ0v) is 19.3. The van der Waals surface area contributed by atoms with E-state index < -0.39 is 46.5 Å². The Morgan fingerprint density at radius 3 is 2.26 bits per heavy atom. The number of aliphatic carboxylic acids is 1. The third-order valence-electron chi connectivity index (χ3n) is 5.91. The fourth-order valence-electron chi connectivity index (χ4n) is 4.54. The predicted octanol–water partition coefficient (Wildman–Crippen LogP) is 3.58. The molecule has 2 aliphatic rings. The van der Waals surface area contributed by atoms with Gasteiger partial charge in [0, 0.05) is 23.2 Å². The molecule has 10 nitrogen and oxygen atoms in total. The molecule has 1 fully saturated rings. The molecular weight excluding hydrogens is 470 g/mol. The lowest BCUT2D eigenvalue weighted by molar-refractivity contribution is -0.152. The van der Waals surface area contributed by atoms with Crippen LogP contribution in [0.3, 0.4) is 0 Å². The van der Waals surface area contributed by atoms with Gasteiger partial charge < -0.3 is 9.84 Å². The van der Waals surface area contributed by atoms with Crippen LogP contribution in [0, 0.1) is 11.3 Å². The minimum Gasteiger partial charge on any atom is -0.477 e. The minimum absolute atomic E-state index is 0.0191. The topological polar surface area (TPSA) is 156 Å². The molecule has 4 rings (SSSR count). The van der Waals surface area contributed by atoms with Crippen molar-refractivity contribution in [2.24, 2.45) is 5.11 Å². The highest BCUT2D eigenvalue weighted by Gasteiger charge is 2.58. The monoisotopic (exact) mass is 489 g/mol. The molecule has 0 spiro atoms. The third kappa shape index (κ3) is 3.99. The van der Waals surface area contributed by atoms with Crippen molar-refractivity contribution >= 4 is 29.6 Å². The number of carbonyl (C=O) groups excluding carboxylic acids is 2. The number of hydrogen-bond donors (Lipinski definition) is 1. The first kappa shape index (κ1) is 23.9. The number of rotatable bonds is 7. The summed E-state index contributed by atoms with van der Waals surface area (Å²) in [7, 11) is 0. The smallest absolute Gasteiger partial charge is 0.352 e. The van der Waals surface area contributed by atoms with Gasteiger partial charge in [-0.25, -0.2) is 4.79 Å². The Morgan fingerprint density at radius 2 is 1.80 bits per heavy atom. The Morgan fingerprint density at radius 1 is 1.23 bits per heavy atom. The van der Waals surface area contributed by atoms with Crippen LogP contribution in [-0.2, 0) is 19.1 Å². The number of esters is 1. The molecule has 1 unspecified atom stereocenters. The summed E-state index contributed by atoms with van der Waals surface area (Å²) < 4.78 is 5.74. The van der Waals surface area contributed by atoms with Crippen LogP contribution in [0.1, 0.15) is 24.0 Å². The molecule has 1 saturated heterocycles. The van der Waals surface area contributed by atoms with Crippen molar-refractivity contribution in [2.45, 2.75) is 29.9 Å². The first-order valence-electron chi connectivity index (χ1n) is 10.5. The Hall–Kier alpha value is -4.26. The fraction of sp³-hybridized carbons (Fsp3) is 0.250. The maximum Gasteiger partial charge on any atom is 0.352 e. The summed E-state index contributed by atoms with van der Waals surface area (Å²) in [5, 5.41) is 23.5. The maximum atomic E-state index is 12.8. The molecule has 35 heavy (non-hydrogen) atoms. The average molecular weight is 490 g/mol. The summed E-state index contributed by atoms with van der Waals surface area (Å²) in [5.74, 6) is -3.87. The molecule has 3 atom stereocenters. The van der Waals surface area contributed by atoms with Crippen LogP contribution in [0.5, 0.6) is 0 Å². The molecule has 2 aromatic carbocycles. The lowest BCUT2D eigenvalue weighted by atomic mass is 9.73. The van der Waals surface area contributed by atoms with Crippen molar-refractivity contribution < 1.29 is 24.2 Å². The van der Waals surface area contributed by atoms with Crippen molar-refractivity contribution in [3.05, 3.63) is 93.5 Å². The molecule has 0 saturated carbocycles. The number of hydrogen-bond acceptors (Lipinski definition) is 7. The SMILES string of the molecule is CC(=O)OC(C#N)(C1=C(C(=O)O)N2C(=O)[C@H](N=[N+]=[N-])[C@H]2SC1)C(c1ccccc1)c1ccccc1. The molecule has 2 heterocycles. The number of amides is 1. The highest BCUT2D eigenvalue weighted by Crippen LogP contribution is 2.50. The molecule has 176 valence electrons. The van der Waals surface area contributed by atoms with Crippen LogP contribution in [0.2, 0.25) is 0 Å². The van der Waals surface area contributed by atoms with Gasteiger partial charge in [-0.15, -0.1) is 11.8 Å². The standard InChI is InChI=1S/C24H19N5O5S/c1-14(30)34-24(13-25,18(15-8-4-2-5-9-15)16-10-6-3-7-11-16)17-12-35-22-19(27-28-26)21(31)29(22)20(17)23(32)33/h2-11,18-19,22H,12H2,1H3,(H,32,33)/t19-,22+,24?/m0/s1. The Labute approximate surface area is 204 Å². The minimum atomic E-state index is -2.08. The number of ether oxygens (including phenoxy) is 1. The number of thioether (sulfide) groups is 1. The van der Waals surface area contributed by atoms with Crippen LogP contribution < -0.4 is 0 Å². The summed E-state index contributed by atoms with van der Waals surface area (Å²) >= 11 is 1.15. The number of carboxylic acid groups (broad SMARTS) is 1. The van der Waals surface area contributed by atoms with Crippen molar-refractivity contribution in [3.8, 4) is 6.07 Å². The van der Waals surface area contributed by atoms with E-state index in [2.05, 4.69) is 16.1 Å². The van der Waals surface area contributed by atoms with Gasteiger partial charge in [-0.1, -0.05) is 65.8 Å². The first-order chi connectivity index (χ1) is 16.9. The van der Waals surface area contributed by atoms with E-state index in [0.29, 0.717) is 11.1 Å². The Bertz CT molecular complexity index is 1260. The average Bonchev–Trinajstić information content (AvgIpc) is 2.86. The molecule has 2 aromatic rings. The number of fused-ring (bicyclic) bond motifs is 1. The summed E-state index contributed by atoms with van der Waals surface area (Å²) in [5.41, 5.74) is 7.47. The van der Waals surface area contributed by atoms with Gasteiger partial charge in [-0.3, -0.25) is 14.5 Å². The summed E-state index contributed by atoms with van der Waals surface area (Å²) in [6.07, 6.45) is 0. The van der Waals surface area contributed by atoms with Gasteiger partial charge in [-0.05, 0) is 16.7 Å². The van der Waals surface area contributed by atoms with Gasteiger partial charge in [0.05, 0.1) is 5.92 Å². The molecule has 11 heteroatoms. The number of benzene rings is 2. The molecule has 0 aliphatic carbocycles. The van der Waals surface area contributed by atoms with Gasteiger partial charge >= 0.3 is 11.9 Å². The van der Waals surface area contributed by atoms with Gasteiger partial charge in [0.1, 0.15) is 23.2 Å². The second-order valence-electron chi connectivity index (χ2n) is 7.89. The zero-order valence-electron chi connectivity index (χ0n) is 18.4. The Kier molecular flexibility index (Phi) is 6.51. The highest BCUT2D eigenvalue weighted by atomic mass is 32.2. The van der Waals surface area contributed by atoms with E-state index in [1.165, 1.54) is 0 Å². The van der Waals surface area contributed by atoms with Gasteiger partial charge in [0.15, 0.2) is 0 Å². The van der Waals surface area contributed by atoms with E-state index >= 15 is 0 Å². The Balaban J connectivity index is 2.01. The van der Waals surface area contributed by atoms with Crippen LogP contribution in [0.25, 0.3) is 10.4 Å². The molecule has 0 bridgehead atoms. The van der Waals surface area contributed by atoms with Crippen molar-refractivity contribution in [1.29, 1.82) is 5.26 Å². The van der Waals surface area contributed by atoms with Crippen molar-refractivity contribution in [1.82, 2.24) is 4.90 Å². The normalized spacial score (nSPS) is 20.6. The third-order valence-corrected chi connectivity index (χ3v) is 7.18. The molecule has 1 amide bonds. The number of nitrogens with zero attached hydrogens (tertiary/aromatic N) is 5. The number of nitriles is 1. The largest absolute Gasteiger partial charge is 0.477 e. The van der Waals surface area contributed by atoms with E-state index in [4.69, 9.17) is 10.3 Å². The summed E-state index contributed by atoms with van der Waals surface area (Å²) in [4.78, 5) is 41.3. The van der Waals surface area contributed by atoms with Crippen LogP contribution in [0.4, 0.5) is 0 Å². The first-order valence-corrected chi connectivity index (χ1v) is 11.6. The quantitative estimate of drug-likeness (QED) is 0.205. The van der Waals surface area contributed by atoms with E-state index in [0.717, 1.165) is 23.6 Å². The van der Waals surface area contributed by atoms with Crippen molar-refractivity contribution in [3.63, 3.8) is 0 Å². The van der Waals surface area contributed by atoms with Crippen LogP contribution in [0.15, 0.2) is 77.0 Å². The molecule has 1 N–H and O–H groups in total. The van der Waals surface area contributed by atoms with E-state index in [9.17, 15) is 24.8 Å². The highest BCUT2D eigenvalue weighted by molar-refractivity contribution is 8.00. The van der Waals surface area contributed by atoms with E-state index in [-0.39, 0.29) is 11.3 Å². The number of β-lactam (4-membered cyclic amide) rings is 1. The van der Waals surface area contributed by atoms with Crippen molar-refractivity contribution in [2.75, 3.05) is 5.75 Å². The second-order valence-corrected chi connectivity index (χ2v) is 8.99. The lowest BCUT2D eigenvalue weighted by Crippen LogP contribution is -2.65. The molecule has 2 aliphatic heterocycles. The van der Waals surface area contributed by atoms with Crippen LogP contribution in [-0.4, -0.2) is 50.6 Å². The summed E-state index contributed by atoms with van der Waals surface area (Å²) in [6, 6.07) is 18.8. The predicted molar refractivity (Wildman–Crippen MR) is 126 cm³/mol. The number of carbonyl (C=O) groups is 3. The van der Waals surface area contributed by atoms with E-state index in [1.807, 2.05) is 0 Å². The van der Waals surface area contributed by atoms with Crippen LogP contribution >= 0.6 is 11.8 Å². The fourth-order valence-corrected chi connectivity index (χ4v) is 5.94. The van der Waals surface area contributed by atoms with Gasteiger partial charge in [0.2, 0.25) is 11.5 Å². The zero-order chi connectivity index (χ0) is 25.2. The summed E-state index contributed by atoms with van der Waals surface area (Å²) in [6.45, 7) is 1.14. The molecule has 0 radical (unpaired) electrons. The van der Waals surface area contributed by atoms with E-state index in [1.54, 1.807) is 60.7 Å². The van der Waals surface area contributed by atoms with Gasteiger partial charge in [-0.2, -0.15) is 5.26 Å². The maximum absolute atomic E-state index is 12.8. The second kappa shape index (κ2) is 9.54. The number of azide groups is 1. The number of carboxylic acids is 1. The molecular formula is C24H19N5O5S.